The fraction of sp³-hybridized carbons (Fsp3) is 0.699. The lowest BCUT2D eigenvalue weighted by atomic mass is 9.96. The largest absolute Gasteiger partial charge is 0.483 e. The van der Waals surface area contributed by atoms with Gasteiger partial charge in [0.1, 0.15) is 67.1 Å². The number of phosphoric acid groups is 2. The van der Waals surface area contributed by atoms with Gasteiger partial charge in [-0.05, 0) is 218 Å². The van der Waals surface area contributed by atoms with Crippen LogP contribution in [0.25, 0.3) is 0 Å². The van der Waals surface area contributed by atoms with E-state index in [1.54, 1.807) is 6.92 Å². The summed E-state index contributed by atoms with van der Waals surface area (Å²) in [5, 5.41) is 94.1. The molecule has 0 aromatic rings. The molecule has 11 N–H and O–H groups in total. The summed E-state index contributed by atoms with van der Waals surface area (Å²) in [7, 11) is -11.0. The van der Waals surface area contributed by atoms with Crippen LogP contribution >= 0.6 is 15.6 Å². The van der Waals surface area contributed by atoms with Crippen LogP contribution in [0.3, 0.4) is 0 Å². The van der Waals surface area contributed by atoms with Gasteiger partial charge < -0.3 is 79.4 Å². The lowest BCUT2D eigenvalue weighted by Gasteiger charge is -2.47. The topological polar surface area (TPSA) is 331 Å². The van der Waals surface area contributed by atoms with E-state index in [9.17, 15) is 64.9 Å². The molecule has 3 rings (SSSR count). The number of phosphoric ester groups is 2. The van der Waals surface area contributed by atoms with E-state index in [0.29, 0.717) is 12.8 Å². The first-order valence-corrected chi connectivity index (χ1v) is 37.4. The molecule has 0 amide bonds. The zero-order chi connectivity index (χ0) is 71.7. The summed E-state index contributed by atoms with van der Waals surface area (Å²) < 4.78 is 67.5. The van der Waals surface area contributed by atoms with Crippen molar-refractivity contribution in [2.75, 3.05) is 19.8 Å². The first-order chi connectivity index (χ1) is 45.3. The number of hydrogen-bond donors (Lipinski definition) is 11. The highest BCUT2D eigenvalue weighted by molar-refractivity contribution is 7.61. The minimum Gasteiger partial charge on any atom is -0.394 e. The molecule has 0 bridgehead atoms. The lowest BCUT2D eigenvalue weighted by Crippen LogP contribution is -2.66. The maximum atomic E-state index is 13.0. The molecule has 0 aromatic carbocycles. The second-order valence-electron chi connectivity index (χ2n) is 26.9. The number of rotatable bonds is 43. The molecule has 0 aromatic heterocycles. The van der Waals surface area contributed by atoms with Crippen LogP contribution in [0.2, 0.25) is 0 Å². The van der Waals surface area contributed by atoms with E-state index in [0.717, 1.165) is 121 Å². The molecule has 3 saturated heterocycles. The third kappa shape index (κ3) is 34.0. The summed E-state index contributed by atoms with van der Waals surface area (Å²) >= 11 is 0. The monoisotopic (exact) mass is 1400 g/mol. The van der Waals surface area contributed by atoms with E-state index in [4.69, 9.17) is 32.7 Å². The van der Waals surface area contributed by atoms with E-state index in [-0.39, 0.29) is 0 Å². The minimum absolute atomic E-state index is 0.496. The highest BCUT2D eigenvalue weighted by Crippen LogP contribution is 2.61. The summed E-state index contributed by atoms with van der Waals surface area (Å²) in [6, 6.07) is 0. The normalized spacial score (nSPS) is 29.6. The number of ether oxygens (including phenoxy) is 5. The molecule has 0 radical (unpaired) electrons. The maximum Gasteiger partial charge on any atom is 0.483 e. The van der Waals surface area contributed by atoms with Crippen LogP contribution in [0, 0.1) is 0 Å². The highest BCUT2D eigenvalue weighted by atomic mass is 31.3. The van der Waals surface area contributed by atoms with Crippen LogP contribution in [0.15, 0.2) is 128 Å². The Labute approximate surface area is 573 Å². The van der Waals surface area contributed by atoms with Gasteiger partial charge in [0.2, 0.25) is 0 Å². The van der Waals surface area contributed by atoms with Crippen LogP contribution in [-0.4, -0.2) is 168 Å². The molecule has 0 spiro atoms. The SMILES string of the molecule is CC(C)=CCC/C(C)=C/CC/C(C)=C/CC/C(C)=C\CC/C(C)=C\CC/C(C)=C\CC/C(C)=C\CC/C(C)=C\CC/C(C)=C\CC/C(C)=C\CC/C(C)=C\COP(=O)(O)OP(=O)(O)O[C@H]1O[C@H](CO)[C@H](O)[C@H](O[C@@H]2O[C@@H](C)[C@H](O[C@@H]3O[C@H](CO)[C@@H](O)[C@H](O)[C@@H]3O)[C@@H](O)[C@H]2O)[C@H]1O. The molecule has 23 heteroatoms. The van der Waals surface area contributed by atoms with Crippen molar-refractivity contribution in [2.24, 2.45) is 0 Å². The number of aliphatic hydroxyl groups excluding tert-OH is 9. The molecule has 17 atom stereocenters. The van der Waals surface area contributed by atoms with Crippen molar-refractivity contribution < 1.29 is 102 Å². The van der Waals surface area contributed by atoms with E-state index in [1.165, 1.54) is 68.7 Å². The molecule has 3 aliphatic heterocycles. The van der Waals surface area contributed by atoms with Crippen molar-refractivity contribution in [1.82, 2.24) is 0 Å². The first-order valence-electron chi connectivity index (χ1n) is 34.4. The molecule has 550 valence electrons. The maximum absolute atomic E-state index is 13.0. The van der Waals surface area contributed by atoms with Crippen LogP contribution in [0.1, 0.15) is 218 Å². The van der Waals surface area contributed by atoms with Crippen LogP contribution < -0.4 is 0 Å². The summed E-state index contributed by atoms with van der Waals surface area (Å²) in [4.78, 5) is 20.9. The standard InChI is InChI=1S/C73H122O21P2/c1-48(2)24-14-25-49(3)26-15-27-50(4)28-16-29-51(5)30-17-31-52(6)32-18-33-53(7)34-19-35-54(8)36-20-37-55(9)38-21-39-56(10)40-22-41-57(11)42-23-43-58(12)44-45-87-95(83,84)94-96(85,86)93-73-68(82)70(63(77)61(47-75)90-73)92-71-67(81)65(79)69(59(13)88-71)91-72-66(80)64(78)62(76)60(46-74)89-72/h24,26,28,30,32,34,36,38,40,42,44,59-82H,14-23,25,27,29,31,33,35,37,39,41,43,45-47H2,1-13H3,(H,83,84)(H,85,86)/b49-26+,50-28+,51-30-,52-32-,53-34-,54-36-,55-38-,56-40-,57-42-,58-44-/t59-,60+,61+,62+,63-,64-,65-,66-,67+,68+,69-,70-,71-,72-,73+/m0/s1. The summed E-state index contributed by atoms with van der Waals surface area (Å²) in [6.45, 7) is 25.2. The van der Waals surface area contributed by atoms with Gasteiger partial charge in [-0.15, -0.1) is 0 Å². The first kappa shape index (κ1) is 87.1. The average Bonchev–Trinajstić information content (AvgIpc) is 0.784. The van der Waals surface area contributed by atoms with Crippen LogP contribution in [-0.2, 0) is 46.2 Å². The zero-order valence-corrected chi connectivity index (χ0v) is 61.5. The Morgan fingerprint density at radius 3 is 1.01 bits per heavy atom. The molecule has 0 aliphatic carbocycles. The Morgan fingerprint density at radius 1 is 0.354 bits per heavy atom. The molecular weight excluding hydrogens is 1270 g/mol. The number of aliphatic hydroxyl groups is 9. The van der Waals surface area contributed by atoms with Gasteiger partial charge in [0, 0.05) is 0 Å². The average molecular weight is 1400 g/mol. The third-order valence-electron chi connectivity index (χ3n) is 17.5. The van der Waals surface area contributed by atoms with Gasteiger partial charge >= 0.3 is 15.6 Å². The second kappa shape index (κ2) is 45.7. The molecule has 3 fully saturated rings. The Morgan fingerprint density at radius 2 is 0.656 bits per heavy atom. The van der Waals surface area contributed by atoms with Gasteiger partial charge in [-0.3, -0.25) is 9.05 Å². The summed E-state index contributed by atoms with van der Waals surface area (Å²) in [6.07, 6.45) is 18.6. The van der Waals surface area contributed by atoms with Crippen molar-refractivity contribution >= 4 is 15.6 Å². The quantitative estimate of drug-likeness (QED) is 0.0200. The zero-order valence-electron chi connectivity index (χ0n) is 59.7. The molecular formula is C73H122O21P2. The smallest absolute Gasteiger partial charge is 0.394 e. The van der Waals surface area contributed by atoms with Crippen molar-refractivity contribution in [3.05, 3.63) is 128 Å². The Kier molecular flexibility index (Phi) is 41.4. The molecule has 0 saturated carbocycles. The number of hydrogen-bond acceptors (Lipinski definition) is 19. The predicted molar refractivity (Wildman–Crippen MR) is 375 cm³/mol. The lowest BCUT2D eigenvalue weighted by molar-refractivity contribution is -0.373. The summed E-state index contributed by atoms with van der Waals surface area (Å²) in [5.41, 5.74) is 15.1. The second-order valence-corrected chi connectivity index (χ2v) is 29.9. The number of allylic oxidation sites excluding steroid dienone is 21. The van der Waals surface area contributed by atoms with Gasteiger partial charge in [-0.1, -0.05) is 128 Å². The molecule has 21 nitrogen and oxygen atoms in total. The van der Waals surface area contributed by atoms with Crippen molar-refractivity contribution in [3.63, 3.8) is 0 Å². The Balaban J connectivity index is 1.31. The van der Waals surface area contributed by atoms with Gasteiger partial charge in [-0.25, -0.2) is 9.13 Å². The van der Waals surface area contributed by atoms with E-state index in [1.807, 2.05) is 0 Å². The molecule has 3 aliphatic rings. The Hall–Kier alpha value is -3.16. The van der Waals surface area contributed by atoms with Gasteiger partial charge in [-0.2, -0.15) is 4.31 Å². The van der Waals surface area contributed by atoms with Crippen molar-refractivity contribution in [2.45, 2.75) is 311 Å². The van der Waals surface area contributed by atoms with Crippen LogP contribution in [0.5, 0.6) is 0 Å². The summed E-state index contributed by atoms with van der Waals surface area (Å²) in [5.74, 6) is 0. The van der Waals surface area contributed by atoms with E-state index in [2.05, 4.69) is 141 Å². The van der Waals surface area contributed by atoms with Gasteiger partial charge in [0.25, 0.3) is 0 Å². The van der Waals surface area contributed by atoms with Crippen LogP contribution in [0.4, 0.5) is 0 Å². The Bertz CT molecular complexity index is 2770. The van der Waals surface area contributed by atoms with Gasteiger partial charge in [0.15, 0.2) is 18.9 Å². The molecule has 2 unspecified atom stereocenters. The highest BCUT2D eigenvalue weighted by Gasteiger charge is 2.54. The van der Waals surface area contributed by atoms with Crippen molar-refractivity contribution in [1.29, 1.82) is 0 Å². The van der Waals surface area contributed by atoms with E-state index >= 15 is 0 Å². The van der Waals surface area contributed by atoms with E-state index < -0.39 is 128 Å². The molecule has 3 heterocycles. The predicted octanol–water partition coefficient (Wildman–Crippen LogP) is 12.9. The third-order valence-corrected chi connectivity index (χ3v) is 20.1. The fourth-order valence-electron chi connectivity index (χ4n) is 11.2. The van der Waals surface area contributed by atoms with Crippen molar-refractivity contribution in [3.8, 4) is 0 Å². The van der Waals surface area contributed by atoms with Gasteiger partial charge in [0.05, 0.1) is 25.9 Å². The minimum atomic E-state index is -5.67. The fourth-order valence-corrected chi connectivity index (χ4v) is 13.3. The molecule has 96 heavy (non-hydrogen) atoms.